The number of hydrogen-bond donors (Lipinski definition) is 3. The van der Waals surface area contributed by atoms with Crippen molar-refractivity contribution in [3.8, 4) is 0 Å². The number of nitrogens with one attached hydrogen (secondary N) is 2. The summed E-state index contributed by atoms with van der Waals surface area (Å²) in [5.41, 5.74) is -5.41. The van der Waals surface area contributed by atoms with Gasteiger partial charge < -0.3 is 15.7 Å². The third-order valence-corrected chi connectivity index (χ3v) is 4.74. The fourth-order valence-corrected chi connectivity index (χ4v) is 3.28. The number of benzene rings is 2. The maximum Gasteiger partial charge on any atom is 0.437 e. The molecule has 0 radical (unpaired) electrons. The Bertz CT molecular complexity index is 943. The molecule has 0 spiro atoms. The topological polar surface area (TPSA) is 78.4 Å². The van der Waals surface area contributed by atoms with Crippen molar-refractivity contribution in [1.29, 1.82) is 0 Å². The van der Waals surface area contributed by atoms with E-state index < -0.39 is 47.4 Å². The average molecular weight is 432 g/mol. The van der Waals surface area contributed by atoms with Gasteiger partial charge in [0.15, 0.2) is 5.78 Å². The number of amides is 2. The lowest BCUT2D eigenvalue weighted by molar-refractivity contribution is -0.287. The van der Waals surface area contributed by atoms with Gasteiger partial charge in [-0.05, 0) is 17.7 Å². The summed E-state index contributed by atoms with van der Waals surface area (Å²) in [5.74, 6) is -3.47. The third kappa shape index (κ3) is 3.84. The first-order valence-electron chi connectivity index (χ1n) is 8.49. The third-order valence-electron chi connectivity index (χ3n) is 4.74. The predicted molar refractivity (Wildman–Crippen MR) is 91.1 cm³/mol. The highest BCUT2D eigenvalue weighted by Gasteiger charge is 2.66. The van der Waals surface area contributed by atoms with Crippen molar-refractivity contribution in [3.63, 3.8) is 0 Å². The molecule has 3 atom stereocenters. The minimum Gasteiger partial charge on any atom is -0.363 e. The molecule has 5 nitrogen and oxygen atoms in total. The van der Waals surface area contributed by atoms with Gasteiger partial charge >= 0.3 is 18.4 Å². The Kier molecular flexibility index (Phi) is 5.27. The molecule has 3 rings (SSSR count). The average Bonchev–Trinajstić information content (AvgIpc) is 2.66. The van der Waals surface area contributed by atoms with Crippen molar-refractivity contribution < 1.29 is 41.0 Å². The minimum atomic E-state index is -5.45. The van der Waals surface area contributed by atoms with Crippen LogP contribution in [0.1, 0.15) is 27.5 Å². The first-order chi connectivity index (χ1) is 13.8. The molecule has 2 aromatic carbocycles. The van der Waals surface area contributed by atoms with Crippen molar-refractivity contribution in [2.75, 3.05) is 0 Å². The highest BCUT2D eigenvalue weighted by atomic mass is 19.4. The van der Waals surface area contributed by atoms with Crippen LogP contribution >= 0.6 is 0 Å². The van der Waals surface area contributed by atoms with Gasteiger partial charge in [0.25, 0.3) is 0 Å². The molecule has 0 saturated carbocycles. The first-order valence-corrected chi connectivity index (χ1v) is 8.49. The standard InChI is InChI=1S/C19H14F6N2O3/c20-18(21,22)12-8-6-10(7-9-12)14-13(15(28)11-4-2-1-3-5-11)17(30,19(23,24)25)27-16(29)26-14/h1-9,13-14,30H,(H2,26,27,29)/t13-,14+,17-/m1/s1. The van der Waals surface area contributed by atoms with Gasteiger partial charge in [-0.3, -0.25) is 4.79 Å². The van der Waals surface area contributed by atoms with E-state index in [1.54, 1.807) is 0 Å². The van der Waals surface area contributed by atoms with E-state index in [2.05, 4.69) is 5.32 Å². The highest BCUT2D eigenvalue weighted by Crippen LogP contribution is 2.44. The first kappa shape index (κ1) is 21.6. The number of aliphatic hydroxyl groups is 1. The Labute approximate surface area is 165 Å². The molecule has 2 amide bonds. The van der Waals surface area contributed by atoms with E-state index in [1.807, 2.05) is 0 Å². The van der Waals surface area contributed by atoms with Crippen molar-refractivity contribution in [1.82, 2.24) is 10.6 Å². The summed E-state index contributed by atoms with van der Waals surface area (Å²) in [6.07, 6.45) is -10.1. The van der Waals surface area contributed by atoms with E-state index in [-0.39, 0.29) is 11.1 Å². The number of urea groups is 1. The second kappa shape index (κ2) is 7.31. The molecule has 0 aliphatic carbocycles. The van der Waals surface area contributed by atoms with Crippen molar-refractivity contribution in [2.45, 2.75) is 24.1 Å². The van der Waals surface area contributed by atoms with E-state index in [1.165, 1.54) is 35.6 Å². The van der Waals surface area contributed by atoms with Gasteiger partial charge in [-0.2, -0.15) is 26.3 Å². The summed E-state index contributed by atoms with van der Waals surface area (Å²) in [6, 6.07) is 6.48. The predicted octanol–water partition coefficient (Wildman–Crippen LogP) is 3.81. The minimum absolute atomic E-state index is 0.181. The fourth-order valence-electron chi connectivity index (χ4n) is 3.28. The van der Waals surface area contributed by atoms with E-state index in [0.717, 1.165) is 12.1 Å². The van der Waals surface area contributed by atoms with Gasteiger partial charge in [0.05, 0.1) is 11.6 Å². The number of alkyl halides is 6. The quantitative estimate of drug-likeness (QED) is 0.510. The Balaban J connectivity index is 2.13. The van der Waals surface area contributed by atoms with E-state index in [4.69, 9.17) is 0 Å². The molecular formula is C19H14F6N2O3. The zero-order valence-electron chi connectivity index (χ0n) is 14.9. The molecule has 1 saturated heterocycles. The number of hydrogen-bond acceptors (Lipinski definition) is 3. The maximum absolute atomic E-state index is 13.7. The molecule has 1 fully saturated rings. The molecule has 2 aromatic rings. The van der Waals surface area contributed by atoms with E-state index in [0.29, 0.717) is 12.1 Å². The number of ketones is 1. The summed E-state index contributed by atoms with van der Waals surface area (Å²) < 4.78 is 79.6. The summed E-state index contributed by atoms with van der Waals surface area (Å²) in [7, 11) is 0. The molecule has 1 aliphatic rings. The molecule has 1 heterocycles. The SMILES string of the molecule is O=C1N[C@@H](c2ccc(C(F)(F)F)cc2)[C@H](C(=O)c2ccccc2)[C@@](O)(C(F)(F)F)N1. The number of carbonyl (C=O) groups is 2. The lowest BCUT2D eigenvalue weighted by atomic mass is 9.77. The summed E-state index contributed by atoms with van der Waals surface area (Å²) >= 11 is 0. The van der Waals surface area contributed by atoms with Crippen LogP contribution in [0.15, 0.2) is 54.6 Å². The monoisotopic (exact) mass is 432 g/mol. The Morgan fingerprint density at radius 1 is 0.933 bits per heavy atom. The second-order valence-electron chi connectivity index (χ2n) is 6.67. The number of Topliss-reactive ketones (excluding diaryl/α,β-unsaturated/α-hetero) is 1. The van der Waals surface area contributed by atoms with Crippen molar-refractivity contribution >= 4 is 11.8 Å². The van der Waals surface area contributed by atoms with Gasteiger partial charge in [0.1, 0.15) is 5.92 Å². The molecule has 0 aromatic heterocycles. The van der Waals surface area contributed by atoms with Crippen LogP contribution in [0.25, 0.3) is 0 Å². The van der Waals surface area contributed by atoms with Crippen LogP contribution in [0.5, 0.6) is 0 Å². The maximum atomic E-state index is 13.7. The van der Waals surface area contributed by atoms with Crippen LogP contribution in [0, 0.1) is 5.92 Å². The van der Waals surface area contributed by atoms with Gasteiger partial charge in [0, 0.05) is 5.56 Å². The van der Waals surface area contributed by atoms with E-state index >= 15 is 0 Å². The molecule has 160 valence electrons. The zero-order valence-corrected chi connectivity index (χ0v) is 14.9. The Morgan fingerprint density at radius 3 is 2.00 bits per heavy atom. The number of rotatable bonds is 3. The molecule has 30 heavy (non-hydrogen) atoms. The largest absolute Gasteiger partial charge is 0.437 e. The fraction of sp³-hybridized carbons (Fsp3) is 0.263. The van der Waals surface area contributed by atoms with Gasteiger partial charge in [-0.1, -0.05) is 42.5 Å². The van der Waals surface area contributed by atoms with Gasteiger partial charge in [-0.15, -0.1) is 0 Å². The lowest BCUT2D eigenvalue weighted by Crippen LogP contribution is -2.72. The number of halogens is 6. The smallest absolute Gasteiger partial charge is 0.363 e. The lowest BCUT2D eigenvalue weighted by Gasteiger charge is -2.45. The zero-order chi connectivity index (χ0) is 22.3. The van der Waals surface area contributed by atoms with Gasteiger partial charge in [-0.25, -0.2) is 4.79 Å². The van der Waals surface area contributed by atoms with Crippen LogP contribution in [0.2, 0.25) is 0 Å². The van der Waals surface area contributed by atoms with Crippen LogP contribution in [0.4, 0.5) is 31.1 Å². The van der Waals surface area contributed by atoms with Crippen LogP contribution in [0.3, 0.4) is 0 Å². The Hall–Kier alpha value is -3.08. The van der Waals surface area contributed by atoms with Gasteiger partial charge in [0.2, 0.25) is 5.72 Å². The molecule has 0 unspecified atom stereocenters. The van der Waals surface area contributed by atoms with Crippen LogP contribution < -0.4 is 10.6 Å². The molecule has 0 bridgehead atoms. The molecule has 11 heteroatoms. The highest BCUT2D eigenvalue weighted by molar-refractivity contribution is 6.00. The molecular weight excluding hydrogens is 418 g/mol. The summed E-state index contributed by atoms with van der Waals surface area (Å²) in [6.45, 7) is 0. The Morgan fingerprint density at radius 2 is 1.50 bits per heavy atom. The normalized spacial score (nSPS) is 24.7. The summed E-state index contributed by atoms with van der Waals surface area (Å²) in [5, 5.41) is 13.8. The van der Waals surface area contributed by atoms with Crippen LogP contribution in [-0.2, 0) is 6.18 Å². The molecule has 3 N–H and O–H groups in total. The van der Waals surface area contributed by atoms with Crippen molar-refractivity contribution in [3.05, 3.63) is 71.3 Å². The molecule has 1 aliphatic heterocycles. The summed E-state index contributed by atoms with van der Waals surface area (Å²) in [4.78, 5) is 24.8. The van der Waals surface area contributed by atoms with Crippen LogP contribution in [-0.4, -0.2) is 28.8 Å². The number of carbonyl (C=O) groups excluding carboxylic acids is 2. The van der Waals surface area contributed by atoms with Crippen molar-refractivity contribution in [2.24, 2.45) is 5.92 Å². The second-order valence-corrected chi connectivity index (χ2v) is 6.67. The van der Waals surface area contributed by atoms with E-state index in [9.17, 15) is 41.0 Å².